The van der Waals surface area contributed by atoms with Crippen molar-refractivity contribution >= 4 is 32.3 Å². The van der Waals surface area contributed by atoms with E-state index < -0.39 is 0 Å². The highest BCUT2D eigenvalue weighted by molar-refractivity contribution is 7.23. The molecule has 32 heavy (non-hydrogen) atoms. The van der Waals surface area contributed by atoms with Crippen molar-refractivity contribution < 1.29 is 4.79 Å². The van der Waals surface area contributed by atoms with Crippen LogP contribution in [0.3, 0.4) is 0 Å². The van der Waals surface area contributed by atoms with E-state index in [4.69, 9.17) is 5.73 Å². The van der Waals surface area contributed by atoms with Gasteiger partial charge in [-0.3, -0.25) is 14.2 Å². The number of hydrogen-bond acceptors (Lipinski definition) is 5. The summed E-state index contributed by atoms with van der Waals surface area (Å²) in [4.78, 5) is 27.3. The number of fused-ring (bicyclic) bond motifs is 1. The van der Waals surface area contributed by atoms with Crippen molar-refractivity contribution in [3.63, 3.8) is 0 Å². The molecule has 0 atom stereocenters. The molecule has 5 nitrogen and oxygen atoms in total. The van der Waals surface area contributed by atoms with Crippen molar-refractivity contribution in [2.45, 2.75) is 37.8 Å². The Hall–Kier alpha value is -3.22. The number of benzene rings is 2. The molecular weight excluding hydrogens is 418 g/mol. The average Bonchev–Trinajstić information content (AvgIpc) is 3.18. The van der Waals surface area contributed by atoms with E-state index in [0.717, 1.165) is 46.6 Å². The zero-order valence-corrected chi connectivity index (χ0v) is 18.5. The van der Waals surface area contributed by atoms with Gasteiger partial charge in [0.05, 0.1) is 11.3 Å². The third-order valence-electron chi connectivity index (χ3n) is 6.13. The Bertz CT molecular complexity index is 1300. The van der Waals surface area contributed by atoms with Gasteiger partial charge >= 0.3 is 0 Å². The number of hydrogen-bond donors (Lipinski definition) is 2. The predicted octanol–water partition coefficient (Wildman–Crippen LogP) is 4.97. The fourth-order valence-corrected chi connectivity index (χ4v) is 5.70. The lowest BCUT2D eigenvalue weighted by atomic mass is 9.91. The summed E-state index contributed by atoms with van der Waals surface area (Å²) in [5.74, 6) is -0.0369. The second kappa shape index (κ2) is 8.73. The molecule has 0 spiro atoms. The molecule has 5 rings (SSSR count). The van der Waals surface area contributed by atoms with Gasteiger partial charge in [-0.25, -0.2) is 0 Å². The van der Waals surface area contributed by atoms with Crippen LogP contribution in [-0.2, 0) is 0 Å². The van der Waals surface area contributed by atoms with Gasteiger partial charge in [0.25, 0.3) is 5.56 Å². The summed E-state index contributed by atoms with van der Waals surface area (Å²) in [5.41, 5.74) is 8.04. The molecule has 162 valence electrons. The zero-order valence-electron chi connectivity index (χ0n) is 17.7. The zero-order chi connectivity index (χ0) is 22.1. The SMILES string of the molecule is NC1CCC(Nc2sc3c(ccc(=O)n3-c3ccccc3)c2C(=O)c2ccccc2)CC1. The highest BCUT2D eigenvalue weighted by atomic mass is 32.1. The van der Waals surface area contributed by atoms with Gasteiger partial charge in [-0.1, -0.05) is 59.9 Å². The molecule has 1 fully saturated rings. The molecule has 2 heterocycles. The molecule has 3 N–H and O–H groups in total. The Morgan fingerprint density at radius 1 is 0.906 bits per heavy atom. The summed E-state index contributed by atoms with van der Waals surface area (Å²) in [6.07, 6.45) is 3.89. The first-order valence-corrected chi connectivity index (χ1v) is 11.8. The molecule has 0 unspecified atom stereocenters. The Morgan fingerprint density at radius 2 is 1.56 bits per heavy atom. The molecule has 2 aromatic heterocycles. The third-order valence-corrected chi connectivity index (χ3v) is 7.25. The van der Waals surface area contributed by atoms with Gasteiger partial charge in [0.2, 0.25) is 0 Å². The van der Waals surface area contributed by atoms with E-state index in [1.165, 1.54) is 11.3 Å². The van der Waals surface area contributed by atoms with Crippen molar-refractivity contribution in [2.75, 3.05) is 5.32 Å². The van der Waals surface area contributed by atoms with Gasteiger partial charge in [-0.05, 0) is 43.9 Å². The number of rotatable bonds is 5. The number of thiophene rings is 1. The van der Waals surface area contributed by atoms with Crippen molar-refractivity contribution in [3.05, 3.63) is 94.3 Å². The molecule has 6 heteroatoms. The van der Waals surface area contributed by atoms with E-state index in [-0.39, 0.29) is 23.4 Å². The summed E-state index contributed by atoms with van der Waals surface area (Å²) in [6.45, 7) is 0. The number of aromatic nitrogens is 1. The summed E-state index contributed by atoms with van der Waals surface area (Å²) < 4.78 is 1.70. The van der Waals surface area contributed by atoms with E-state index in [1.807, 2.05) is 60.7 Å². The lowest BCUT2D eigenvalue weighted by Crippen LogP contribution is -2.32. The van der Waals surface area contributed by atoms with Gasteiger partial charge in [-0.2, -0.15) is 0 Å². The van der Waals surface area contributed by atoms with E-state index in [0.29, 0.717) is 11.1 Å². The number of nitrogens with zero attached hydrogens (tertiary/aromatic N) is 1. The first kappa shape index (κ1) is 20.7. The van der Waals surface area contributed by atoms with E-state index in [9.17, 15) is 9.59 Å². The van der Waals surface area contributed by atoms with Gasteiger partial charge in [0, 0.05) is 29.1 Å². The number of nitrogens with two attached hydrogens (primary N) is 1. The van der Waals surface area contributed by atoms with Gasteiger partial charge in [0.1, 0.15) is 9.83 Å². The second-order valence-electron chi connectivity index (χ2n) is 8.32. The molecule has 0 amide bonds. The van der Waals surface area contributed by atoms with Crippen LogP contribution in [-0.4, -0.2) is 22.4 Å². The molecule has 1 aliphatic carbocycles. The molecule has 2 aromatic carbocycles. The van der Waals surface area contributed by atoms with E-state index in [1.54, 1.807) is 16.7 Å². The molecule has 0 bridgehead atoms. The van der Waals surface area contributed by atoms with Crippen molar-refractivity contribution in [2.24, 2.45) is 5.73 Å². The van der Waals surface area contributed by atoms with Crippen LogP contribution in [0.1, 0.15) is 41.6 Å². The van der Waals surface area contributed by atoms with Crippen LogP contribution in [0.4, 0.5) is 5.00 Å². The van der Waals surface area contributed by atoms with Gasteiger partial charge < -0.3 is 11.1 Å². The molecule has 4 aromatic rings. The van der Waals surface area contributed by atoms with E-state index in [2.05, 4.69) is 5.32 Å². The highest BCUT2D eigenvalue weighted by Gasteiger charge is 2.26. The minimum Gasteiger partial charge on any atom is -0.374 e. The third kappa shape index (κ3) is 3.87. The smallest absolute Gasteiger partial charge is 0.256 e. The highest BCUT2D eigenvalue weighted by Crippen LogP contribution is 2.39. The largest absolute Gasteiger partial charge is 0.374 e. The number of carbonyl (C=O) groups excluding carboxylic acids is 1. The van der Waals surface area contributed by atoms with Crippen LogP contribution < -0.4 is 16.6 Å². The number of anilines is 1. The minimum absolute atomic E-state index is 0.0369. The lowest BCUT2D eigenvalue weighted by Gasteiger charge is -2.27. The van der Waals surface area contributed by atoms with Crippen molar-refractivity contribution in [1.82, 2.24) is 4.57 Å². The number of carbonyl (C=O) groups is 1. The number of para-hydroxylation sites is 1. The first-order chi connectivity index (χ1) is 15.6. The first-order valence-electron chi connectivity index (χ1n) is 11.0. The van der Waals surface area contributed by atoms with Crippen LogP contribution >= 0.6 is 11.3 Å². The molecule has 1 aliphatic rings. The number of ketones is 1. The average molecular weight is 444 g/mol. The Kier molecular flexibility index (Phi) is 5.64. The molecular formula is C26H25N3O2S. The standard InChI is InChI=1S/C26H25N3O2S/c27-18-11-13-19(14-12-18)28-25-23(24(31)17-7-3-1-4-8-17)21-15-16-22(30)29(26(21)32-25)20-9-5-2-6-10-20/h1-10,15-16,18-19,28H,11-14,27H2. The number of pyridine rings is 1. The van der Waals surface area contributed by atoms with Crippen LogP contribution in [0.25, 0.3) is 15.9 Å². The predicted molar refractivity (Wildman–Crippen MR) is 131 cm³/mol. The summed E-state index contributed by atoms with van der Waals surface area (Å²) in [5, 5.41) is 5.25. The molecule has 1 saturated carbocycles. The quantitative estimate of drug-likeness (QED) is 0.427. The Labute approximate surface area is 190 Å². The summed E-state index contributed by atoms with van der Waals surface area (Å²) in [7, 11) is 0. The summed E-state index contributed by atoms with van der Waals surface area (Å²) >= 11 is 1.48. The maximum Gasteiger partial charge on any atom is 0.256 e. The van der Waals surface area contributed by atoms with E-state index >= 15 is 0 Å². The maximum atomic E-state index is 13.6. The number of nitrogens with one attached hydrogen (secondary N) is 1. The lowest BCUT2D eigenvalue weighted by molar-refractivity contribution is 0.104. The van der Waals surface area contributed by atoms with Crippen LogP contribution in [0, 0.1) is 0 Å². The minimum atomic E-state index is -0.112. The van der Waals surface area contributed by atoms with Crippen LogP contribution in [0.2, 0.25) is 0 Å². The molecule has 0 radical (unpaired) electrons. The molecule has 0 aliphatic heterocycles. The van der Waals surface area contributed by atoms with Crippen molar-refractivity contribution in [3.8, 4) is 5.69 Å². The topological polar surface area (TPSA) is 77.1 Å². The fourth-order valence-electron chi connectivity index (χ4n) is 4.41. The Morgan fingerprint density at radius 3 is 2.25 bits per heavy atom. The fraction of sp³-hybridized carbons (Fsp3) is 0.231. The van der Waals surface area contributed by atoms with Crippen molar-refractivity contribution in [1.29, 1.82) is 0 Å². The van der Waals surface area contributed by atoms with Gasteiger partial charge in [0.15, 0.2) is 5.78 Å². The molecule has 0 saturated heterocycles. The summed E-state index contributed by atoms with van der Waals surface area (Å²) in [6, 6.07) is 22.7. The normalized spacial score (nSPS) is 18.5. The maximum absolute atomic E-state index is 13.6. The van der Waals surface area contributed by atoms with Crippen LogP contribution in [0.15, 0.2) is 77.6 Å². The van der Waals surface area contributed by atoms with Crippen LogP contribution in [0.5, 0.6) is 0 Å². The van der Waals surface area contributed by atoms with Gasteiger partial charge in [-0.15, -0.1) is 0 Å². The monoisotopic (exact) mass is 443 g/mol. The second-order valence-corrected chi connectivity index (χ2v) is 9.32. The Balaban J connectivity index is 1.68.